The number of hydrogen-bond acceptors (Lipinski definition) is 3. The molecule has 0 radical (unpaired) electrons. The van der Waals surface area contributed by atoms with Crippen molar-refractivity contribution in [2.24, 2.45) is 0 Å². The molecular weight excluding hydrogens is 270 g/mol. The quantitative estimate of drug-likeness (QED) is 0.520. The van der Waals surface area contributed by atoms with Gasteiger partial charge in [-0.2, -0.15) is 25.3 Å². The molecular formula is C16H31NS2. The van der Waals surface area contributed by atoms with Crippen LogP contribution in [-0.2, 0) is 0 Å². The van der Waals surface area contributed by atoms with Gasteiger partial charge in [0.1, 0.15) is 0 Å². The molecule has 0 aromatic heterocycles. The van der Waals surface area contributed by atoms with Gasteiger partial charge in [0.05, 0.1) is 0 Å². The van der Waals surface area contributed by atoms with E-state index in [1.54, 1.807) is 0 Å². The van der Waals surface area contributed by atoms with Gasteiger partial charge >= 0.3 is 0 Å². The van der Waals surface area contributed by atoms with Gasteiger partial charge in [0.25, 0.3) is 0 Å². The van der Waals surface area contributed by atoms with Gasteiger partial charge in [-0.1, -0.05) is 38.5 Å². The largest absolute Gasteiger partial charge is 0.297 e. The Hall–Kier alpha value is 0.660. The van der Waals surface area contributed by atoms with Crippen LogP contribution >= 0.6 is 25.3 Å². The molecule has 0 N–H and O–H groups in total. The predicted molar refractivity (Wildman–Crippen MR) is 91.4 cm³/mol. The Morgan fingerprint density at radius 3 is 1.68 bits per heavy atom. The fraction of sp³-hybridized carbons (Fsp3) is 1.00. The molecule has 0 saturated heterocycles. The predicted octanol–water partition coefficient (Wildman–Crippen LogP) is 4.92. The minimum atomic E-state index is 0.263. The highest BCUT2D eigenvalue weighted by atomic mass is 32.2. The van der Waals surface area contributed by atoms with Crippen LogP contribution < -0.4 is 0 Å². The SMILES string of the molecule is SC(S)CCCN(C1CCCCC1)C1CCCCC1. The lowest BCUT2D eigenvalue weighted by Crippen LogP contribution is -2.45. The van der Waals surface area contributed by atoms with E-state index in [0.717, 1.165) is 18.5 Å². The van der Waals surface area contributed by atoms with E-state index >= 15 is 0 Å². The molecule has 0 unspecified atom stereocenters. The lowest BCUT2D eigenvalue weighted by Gasteiger charge is -2.42. The van der Waals surface area contributed by atoms with E-state index in [0.29, 0.717) is 0 Å². The summed E-state index contributed by atoms with van der Waals surface area (Å²) in [7, 11) is 0. The van der Waals surface area contributed by atoms with Gasteiger partial charge in [0, 0.05) is 16.7 Å². The molecule has 2 aliphatic carbocycles. The van der Waals surface area contributed by atoms with Crippen LogP contribution in [0.15, 0.2) is 0 Å². The van der Waals surface area contributed by atoms with Crippen LogP contribution in [0.3, 0.4) is 0 Å². The zero-order valence-corrected chi connectivity index (χ0v) is 14.1. The molecule has 0 bridgehead atoms. The molecule has 0 amide bonds. The second-order valence-electron chi connectivity index (χ2n) is 6.44. The second kappa shape index (κ2) is 8.84. The van der Waals surface area contributed by atoms with E-state index in [1.165, 1.54) is 77.2 Å². The molecule has 3 heteroatoms. The van der Waals surface area contributed by atoms with Crippen molar-refractivity contribution >= 4 is 25.3 Å². The Kier molecular flexibility index (Phi) is 7.46. The highest BCUT2D eigenvalue weighted by molar-refractivity contribution is 7.99. The summed E-state index contributed by atoms with van der Waals surface area (Å²) < 4.78 is 0.263. The van der Waals surface area contributed by atoms with Crippen molar-refractivity contribution in [3.8, 4) is 0 Å². The van der Waals surface area contributed by atoms with Crippen molar-refractivity contribution in [3.63, 3.8) is 0 Å². The third-order valence-electron chi connectivity index (χ3n) is 4.97. The van der Waals surface area contributed by atoms with Crippen LogP contribution in [0.2, 0.25) is 0 Å². The van der Waals surface area contributed by atoms with Gasteiger partial charge in [-0.15, -0.1) is 0 Å². The van der Waals surface area contributed by atoms with Crippen molar-refractivity contribution in [1.29, 1.82) is 0 Å². The Morgan fingerprint density at radius 2 is 1.26 bits per heavy atom. The van der Waals surface area contributed by atoms with Crippen molar-refractivity contribution in [2.45, 2.75) is 93.7 Å². The molecule has 1 nitrogen and oxygen atoms in total. The van der Waals surface area contributed by atoms with Crippen molar-refractivity contribution in [1.82, 2.24) is 4.90 Å². The van der Waals surface area contributed by atoms with E-state index in [4.69, 9.17) is 0 Å². The average Bonchev–Trinajstić information content (AvgIpc) is 2.45. The topological polar surface area (TPSA) is 3.24 Å². The third-order valence-corrected chi connectivity index (χ3v) is 5.48. The Bertz CT molecular complexity index is 215. The van der Waals surface area contributed by atoms with E-state index in [1.807, 2.05) is 0 Å². The number of hydrogen-bond donors (Lipinski definition) is 2. The summed E-state index contributed by atoms with van der Waals surface area (Å²) in [5.74, 6) is 0. The smallest absolute Gasteiger partial charge is 0.0442 e. The molecule has 19 heavy (non-hydrogen) atoms. The minimum absolute atomic E-state index is 0.263. The fourth-order valence-corrected chi connectivity index (χ4v) is 4.31. The van der Waals surface area contributed by atoms with Crippen LogP contribution in [0.5, 0.6) is 0 Å². The van der Waals surface area contributed by atoms with E-state index in [-0.39, 0.29) is 4.58 Å². The van der Waals surface area contributed by atoms with Gasteiger partial charge < -0.3 is 0 Å². The first-order valence-corrected chi connectivity index (χ1v) is 9.42. The van der Waals surface area contributed by atoms with Crippen molar-refractivity contribution < 1.29 is 0 Å². The number of rotatable bonds is 6. The summed E-state index contributed by atoms with van der Waals surface area (Å²) in [6, 6.07) is 1.77. The summed E-state index contributed by atoms with van der Waals surface area (Å²) in [4.78, 5) is 2.89. The van der Waals surface area contributed by atoms with E-state index in [9.17, 15) is 0 Å². The van der Waals surface area contributed by atoms with Gasteiger partial charge in [-0.3, -0.25) is 4.90 Å². The summed E-state index contributed by atoms with van der Waals surface area (Å²) in [5.41, 5.74) is 0. The first-order chi connectivity index (χ1) is 9.27. The molecule has 112 valence electrons. The molecule has 2 aliphatic rings. The maximum absolute atomic E-state index is 4.40. The van der Waals surface area contributed by atoms with Gasteiger partial charge in [-0.25, -0.2) is 0 Å². The van der Waals surface area contributed by atoms with Gasteiger partial charge in [0.15, 0.2) is 0 Å². The third kappa shape index (κ3) is 5.51. The van der Waals surface area contributed by atoms with Crippen LogP contribution in [-0.4, -0.2) is 28.1 Å². The van der Waals surface area contributed by atoms with Gasteiger partial charge in [-0.05, 0) is 45.1 Å². The monoisotopic (exact) mass is 301 g/mol. The van der Waals surface area contributed by atoms with Crippen molar-refractivity contribution in [2.75, 3.05) is 6.54 Å². The zero-order valence-electron chi connectivity index (χ0n) is 12.3. The molecule has 0 aromatic rings. The standard InChI is InChI=1S/C16H31NS2/c18-16(19)12-7-13-17(14-8-3-1-4-9-14)15-10-5-2-6-11-15/h14-16,18-19H,1-13H2. The molecule has 2 rings (SSSR count). The Balaban J connectivity index is 1.86. The minimum Gasteiger partial charge on any atom is -0.297 e. The fourth-order valence-electron chi connectivity index (χ4n) is 3.95. The molecule has 0 spiro atoms. The average molecular weight is 302 g/mol. The summed E-state index contributed by atoms with van der Waals surface area (Å²) in [6.45, 7) is 1.28. The van der Waals surface area contributed by atoms with E-state index in [2.05, 4.69) is 30.2 Å². The highest BCUT2D eigenvalue weighted by Gasteiger charge is 2.28. The maximum atomic E-state index is 4.40. The lowest BCUT2D eigenvalue weighted by molar-refractivity contribution is 0.0794. The molecule has 2 fully saturated rings. The Morgan fingerprint density at radius 1 is 0.789 bits per heavy atom. The molecule has 0 atom stereocenters. The molecule has 0 heterocycles. The number of nitrogens with zero attached hydrogens (tertiary/aromatic N) is 1. The van der Waals surface area contributed by atoms with Crippen LogP contribution in [0.25, 0.3) is 0 Å². The van der Waals surface area contributed by atoms with Gasteiger partial charge in [0.2, 0.25) is 0 Å². The van der Waals surface area contributed by atoms with Crippen LogP contribution in [0.4, 0.5) is 0 Å². The lowest BCUT2D eigenvalue weighted by atomic mass is 9.88. The normalized spacial score (nSPS) is 23.4. The van der Waals surface area contributed by atoms with Crippen molar-refractivity contribution in [3.05, 3.63) is 0 Å². The molecule has 0 aromatic carbocycles. The second-order valence-corrected chi connectivity index (χ2v) is 8.10. The first-order valence-electron chi connectivity index (χ1n) is 8.39. The molecule has 2 saturated carbocycles. The summed E-state index contributed by atoms with van der Waals surface area (Å²) in [6.07, 6.45) is 16.9. The van der Waals surface area contributed by atoms with E-state index < -0.39 is 0 Å². The Labute approximate surface area is 130 Å². The first kappa shape index (κ1) is 16.0. The van der Waals surface area contributed by atoms with Crippen LogP contribution in [0.1, 0.15) is 77.0 Å². The highest BCUT2D eigenvalue weighted by Crippen LogP contribution is 2.30. The number of thiol groups is 2. The summed E-state index contributed by atoms with van der Waals surface area (Å²) >= 11 is 8.80. The molecule has 0 aliphatic heterocycles. The maximum Gasteiger partial charge on any atom is 0.0442 e. The van der Waals surface area contributed by atoms with Crippen LogP contribution in [0, 0.1) is 0 Å². The zero-order chi connectivity index (χ0) is 13.5. The summed E-state index contributed by atoms with van der Waals surface area (Å²) in [5, 5.41) is 0.